The fraction of sp³-hybridized carbons (Fsp3) is 0.440. The molecule has 0 spiro atoms. The third-order valence-electron chi connectivity index (χ3n) is 5.99. The molecule has 1 fully saturated rings. The molecule has 3 aromatic rings. The molecule has 4 rings (SSSR count). The van der Waals surface area contributed by atoms with Crippen LogP contribution in [-0.2, 0) is 11.3 Å². The number of amides is 1. The van der Waals surface area contributed by atoms with E-state index in [-0.39, 0.29) is 24.0 Å². The standard InChI is InChI=1S/C25H29F2N5O4/c1-25(2,35)15-31-10-9-22(30-31)29-24(34)20(11-16-5-3-4-6-16)32-23(33)13-18(14-28-32)36-21-8-7-17(26)12-19(21)27/h7-10,12-14,16,20,35H,3-6,11,15H2,1-2H3,(H,29,30,34). The van der Waals surface area contributed by atoms with E-state index in [2.05, 4.69) is 15.5 Å². The van der Waals surface area contributed by atoms with E-state index >= 15 is 0 Å². The lowest BCUT2D eigenvalue weighted by atomic mass is 9.98. The van der Waals surface area contributed by atoms with E-state index in [1.54, 1.807) is 26.1 Å². The Labute approximate surface area is 206 Å². The average molecular weight is 502 g/mol. The van der Waals surface area contributed by atoms with Gasteiger partial charge >= 0.3 is 0 Å². The third-order valence-corrected chi connectivity index (χ3v) is 5.99. The number of nitrogens with one attached hydrogen (secondary N) is 1. The van der Waals surface area contributed by atoms with Crippen molar-refractivity contribution in [1.29, 1.82) is 0 Å². The van der Waals surface area contributed by atoms with Crippen LogP contribution in [0.25, 0.3) is 0 Å². The van der Waals surface area contributed by atoms with Gasteiger partial charge in [-0.15, -0.1) is 0 Å². The number of hydrogen-bond donors (Lipinski definition) is 2. The van der Waals surface area contributed by atoms with Crippen molar-refractivity contribution in [2.75, 3.05) is 5.32 Å². The molecule has 2 heterocycles. The fourth-order valence-electron chi connectivity index (χ4n) is 4.38. The van der Waals surface area contributed by atoms with E-state index in [4.69, 9.17) is 4.74 Å². The third kappa shape index (κ3) is 6.54. The van der Waals surface area contributed by atoms with Crippen molar-refractivity contribution in [3.05, 3.63) is 64.7 Å². The summed E-state index contributed by atoms with van der Waals surface area (Å²) in [6.07, 6.45) is 7.35. The van der Waals surface area contributed by atoms with Gasteiger partial charge in [0.2, 0.25) is 0 Å². The Bertz CT molecular complexity index is 1280. The maximum Gasteiger partial charge on any atom is 0.271 e. The number of aliphatic hydroxyl groups is 1. The molecule has 1 aromatic carbocycles. The molecule has 1 aliphatic rings. The first-order valence-electron chi connectivity index (χ1n) is 11.9. The number of hydrogen-bond acceptors (Lipinski definition) is 6. The molecule has 0 bridgehead atoms. The summed E-state index contributed by atoms with van der Waals surface area (Å²) in [6.45, 7) is 3.55. The van der Waals surface area contributed by atoms with Crippen molar-refractivity contribution in [2.45, 2.75) is 64.1 Å². The lowest BCUT2D eigenvalue weighted by Gasteiger charge is -2.21. The van der Waals surface area contributed by atoms with Crippen molar-refractivity contribution in [2.24, 2.45) is 5.92 Å². The van der Waals surface area contributed by atoms with Gasteiger partial charge in [-0.05, 0) is 38.3 Å². The van der Waals surface area contributed by atoms with Crippen molar-refractivity contribution in [3.8, 4) is 11.5 Å². The molecule has 36 heavy (non-hydrogen) atoms. The quantitative estimate of drug-likeness (QED) is 0.458. The molecule has 0 radical (unpaired) electrons. The van der Waals surface area contributed by atoms with Gasteiger partial charge in [0.15, 0.2) is 23.1 Å². The molecule has 0 saturated heterocycles. The normalized spacial score (nSPS) is 15.1. The molecule has 9 nitrogen and oxygen atoms in total. The van der Waals surface area contributed by atoms with Gasteiger partial charge in [-0.2, -0.15) is 10.2 Å². The van der Waals surface area contributed by atoms with Gasteiger partial charge in [0.25, 0.3) is 11.5 Å². The molecular formula is C25H29F2N5O4. The summed E-state index contributed by atoms with van der Waals surface area (Å²) in [6, 6.07) is 4.66. The average Bonchev–Trinajstić information content (AvgIpc) is 3.45. The van der Waals surface area contributed by atoms with Crippen LogP contribution >= 0.6 is 0 Å². The molecule has 1 atom stereocenters. The summed E-state index contributed by atoms with van der Waals surface area (Å²) < 4.78 is 35.1. The summed E-state index contributed by atoms with van der Waals surface area (Å²) in [5, 5.41) is 21.2. The first kappa shape index (κ1) is 25.5. The molecule has 11 heteroatoms. The predicted octanol–water partition coefficient (Wildman–Crippen LogP) is 4.04. The highest BCUT2D eigenvalue weighted by Gasteiger charge is 2.29. The number of ether oxygens (including phenoxy) is 1. The number of benzene rings is 1. The minimum Gasteiger partial charge on any atom is -0.452 e. The van der Waals surface area contributed by atoms with Crippen LogP contribution in [0.15, 0.2) is 47.5 Å². The second-order valence-electron chi connectivity index (χ2n) is 9.75. The Hall–Kier alpha value is -3.60. The number of halogens is 2. The van der Waals surface area contributed by atoms with Gasteiger partial charge in [0, 0.05) is 24.4 Å². The van der Waals surface area contributed by atoms with Crippen LogP contribution in [0.4, 0.5) is 14.6 Å². The highest BCUT2D eigenvalue weighted by Crippen LogP contribution is 2.32. The number of rotatable bonds is 9. The molecule has 0 aliphatic heterocycles. The van der Waals surface area contributed by atoms with Crippen LogP contribution in [0.2, 0.25) is 0 Å². The molecule has 1 amide bonds. The largest absolute Gasteiger partial charge is 0.452 e. The summed E-state index contributed by atoms with van der Waals surface area (Å²) in [7, 11) is 0. The molecule has 2 aromatic heterocycles. The van der Waals surface area contributed by atoms with Crippen molar-refractivity contribution >= 4 is 11.7 Å². The van der Waals surface area contributed by atoms with E-state index in [1.165, 1.54) is 10.9 Å². The van der Waals surface area contributed by atoms with Crippen LogP contribution in [0, 0.1) is 17.6 Å². The molecule has 1 aliphatic carbocycles. The van der Waals surface area contributed by atoms with Crippen LogP contribution in [-0.4, -0.2) is 36.2 Å². The minimum atomic E-state index is -0.976. The smallest absolute Gasteiger partial charge is 0.271 e. The number of carbonyl (C=O) groups is 1. The Morgan fingerprint density at radius 3 is 2.67 bits per heavy atom. The van der Waals surface area contributed by atoms with Gasteiger partial charge in [-0.25, -0.2) is 13.5 Å². The number of nitrogens with zero attached hydrogens (tertiary/aromatic N) is 4. The van der Waals surface area contributed by atoms with Crippen molar-refractivity contribution in [3.63, 3.8) is 0 Å². The lowest BCUT2D eigenvalue weighted by molar-refractivity contribution is -0.120. The first-order chi connectivity index (χ1) is 17.1. The Morgan fingerprint density at radius 2 is 2.00 bits per heavy atom. The Morgan fingerprint density at radius 1 is 1.25 bits per heavy atom. The molecular weight excluding hydrogens is 472 g/mol. The predicted molar refractivity (Wildman–Crippen MR) is 128 cm³/mol. The van der Waals surface area contributed by atoms with Crippen molar-refractivity contribution in [1.82, 2.24) is 19.6 Å². The first-order valence-corrected chi connectivity index (χ1v) is 11.9. The molecule has 1 saturated carbocycles. The maximum atomic E-state index is 13.9. The van der Waals surface area contributed by atoms with E-state index in [0.29, 0.717) is 18.3 Å². The molecule has 192 valence electrons. The van der Waals surface area contributed by atoms with Gasteiger partial charge in [-0.3, -0.25) is 14.3 Å². The zero-order valence-electron chi connectivity index (χ0n) is 20.2. The summed E-state index contributed by atoms with van der Waals surface area (Å²) >= 11 is 0. The number of carbonyl (C=O) groups excluding carboxylic acids is 1. The van der Waals surface area contributed by atoms with Gasteiger partial charge in [0.05, 0.1) is 18.3 Å². The highest BCUT2D eigenvalue weighted by molar-refractivity contribution is 5.92. The maximum absolute atomic E-state index is 13.9. The summed E-state index contributed by atoms with van der Waals surface area (Å²) in [4.78, 5) is 26.2. The van der Waals surface area contributed by atoms with Gasteiger partial charge in [-0.1, -0.05) is 25.7 Å². The van der Waals surface area contributed by atoms with Crippen molar-refractivity contribution < 1.29 is 23.4 Å². The second kappa shape index (κ2) is 10.6. The summed E-state index contributed by atoms with van der Waals surface area (Å²) in [5.41, 5.74) is -1.57. The summed E-state index contributed by atoms with van der Waals surface area (Å²) in [5.74, 6) is -1.83. The van der Waals surface area contributed by atoms with Crippen LogP contribution in [0.1, 0.15) is 52.0 Å². The topological polar surface area (TPSA) is 111 Å². The zero-order chi connectivity index (χ0) is 25.9. The van der Waals surface area contributed by atoms with Crippen LogP contribution in [0.3, 0.4) is 0 Å². The fourth-order valence-corrected chi connectivity index (χ4v) is 4.38. The number of anilines is 1. The Kier molecular flexibility index (Phi) is 7.48. The molecule has 1 unspecified atom stereocenters. The van der Waals surface area contributed by atoms with Crippen LogP contribution < -0.4 is 15.6 Å². The highest BCUT2D eigenvalue weighted by atomic mass is 19.1. The van der Waals surface area contributed by atoms with Gasteiger partial charge in [0.1, 0.15) is 11.9 Å². The minimum absolute atomic E-state index is 0.0351. The monoisotopic (exact) mass is 501 g/mol. The van der Waals surface area contributed by atoms with E-state index in [9.17, 15) is 23.5 Å². The zero-order valence-corrected chi connectivity index (χ0v) is 20.2. The SMILES string of the molecule is CC(C)(O)Cn1ccc(NC(=O)C(CC2CCCC2)n2ncc(Oc3ccc(F)cc3F)cc2=O)n1. The van der Waals surface area contributed by atoms with E-state index < -0.39 is 34.7 Å². The Balaban J connectivity index is 1.54. The second-order valence-corrected chi connectivity index (χ2v) is 9.75. The van der Waals surface area contributed by atoms with E-state index in [0.717, 1.165) is 48.6 Å². The van der Waals surface area contributed by atoms with Gasteiger partial charge < -0.3 is 15.2 Å². The molecule has 2 N–H and O–H groups in total. The van der Waals surface area contributed by atoms with E-state index in [1.807, 2.05) is 0 Å². The van der Waals surface area contributed by atoms with Crippen LogP contribution in [0.5, 0.6) is 11.5 Å². The number of aromatic nitrogens is 4. The lowest BCUT2D eigenvalue weighted by Crippen LogP contribution is -2.36.